The molecule has 1 heterocycles. The molecule has 0 saturated carbocycles. The monoisotopic (exact) mass is 642 g/mol. The molecule has 2 N–H and O–H groups in total. The van der Waals surface area contributed by atoms with E-state index in [4.69, 9.17) is 21.1 Å². The Bertz CT molecular complexity index is 1620. The third-order valence-corrected chi connectivity index (χ3v) is 6.78. The van der Waals surface area contributed by atoms with E-state index in [1.54, 1.807) is 18.2 Å². The van der Waals surface area contributed by atoms with Gasteiger partial charge in [-0.15, -0.1) is 0 Å². The second kappa shape index (κ2) is 12.2. The number of aryl methyl sites for hydroxylation is 1. The summed E-state index contributed by atoms with van der Waals surface area (Å²) >= 11 is 9.45. The minimum atomic E-state index is -1.00. The molecule has 210 valence electrons. The number of urea groups is 1. The number of carbonyl (C=O) groups is 4. The van der Waals surface area contributed by atoms with Crippen LogP contribution in [-0.2, 0) is 14.4 Å². The van der Waals surface area contributed by atoms with Crippen molar-refractivity contribution in [2.24, 2.45) is 0 Å². The van der Waals surface area contributed by atoms with Crippen molar-refractivity contribution in [3.8, 4) is 11.5 Å². The molecule has 3 aromatic rings. The molecule has 0 unspecified atom stereocenters. The van der Waals surface area contributed by atoms with Gasteiger partial charge in [0.25, 0.3) is 23.4 Å². The van der Waals surface area contributed by atoms with Gasteiger partial charge in [-0.2, -0.15) is 0 Å². The minimum Gasteiger partial charge on any atom is -0.493 e. The fraction of sp³-hybridized carbons (Fsp3) is 0.111. The molecule has 41 heavy (non-hydrogen) atoms. The SMILES string of the molecule is COc1cc(/C=C2/C(=O)NC(=O)N(c3ccc([N+](=O)[O-])cc3)C2=O)cc(Br)c1OCC(=O)Nc1ccc(C)c(Cl)c1. The molecule has 1 aliphatic rings. The number of amides is 5. The number of anilines is 2. The van der Waals surface area contributed by atoms with Crippen LogP contribution in [0.5, 0.6) is 11.5 Å². The lowest BCUT2D eigenvalue weighted by Crippen LogP contribution is -2.54. The van der Waals surface area contributed by atoms with Crippen LogP contribution in [0.4, 0.5) is 21.9 Å². The Balaban J connectivity index is 1.55. The van der Waals surface area contributed by atoms with Crippen molar-refractivity contribution in [2.45, 2.75) is 6.92 Å². The molecule has 1 saturated heterocycles. The van der Waals surface area contributed by atoms with Crippen LogP contribution in [0.2, 0.25) is 5.02 Å². The number of methoxy groups -OCH3 is 1. The molecule has 1 aliphatic heterocycles. The standard InChI is InChI=1S/C27H20BrClN4O8/c1-14-3-4-16(12-21(14)29)30-23(34)13-41-24-20(28)10-15(11-22(24)40-2)9-19-25(35)31-27(37)32(26(19)36)17-5-7-18(8-6-17)33(38)39/h3-12H,13H2,1-2H3,(H,30,34)(H,31,35,37)/b19-9-. The fourth-order valence-corrected chi connectivity index (χ4v) is 4.51. The first-order chi connectivity index (χ1) is 19.5. The lowest BCUT2D eigenvalue weighted by molar-refractivity contribution is -0.384. The van der Waals surface area contributed by atoms with E-state index >= 15 is 0 Å². The van der Waals surface area contributed by atoms with Crippen molar-refractivity contribution >= 4 is 74.4 Å². The quantitative estimate of drug-likeness (QED) is 0.150. The summed E-state index contributed by atoms with van der Waals surface area (Å²) in [6.45, 7) is 1.47. The number of imide groups is 2. The third-order valence-electron chi connectivity index (χ3n) is 5.79. The van der Waals surface area contributed by atoms with Gasteiger partial charge >= 0.3 is 6.03 Å². The molecular formula is C27H20BrClN4O8. The Morgan fingerprint density at radius 3 is 2.49 bits per heavy atom. The molecule has 0 atom stereocenters. The number of carbonyl (C=O) groups excluding carboxylic acids is 4. The van der Waals surface area contributed by atoms with Crippen LogP contribution < -0.4 is 25.0 Å². The number of barbiturate groups is 1. The van der Waals surface area contributed by atoms with Crippen LogP contribution in [0.25, 0.3) is 6.08 Å². The molecule has 0 spiro atoms. The third kappa shape index (κ3) is 6.53. The number of ether oxygens (including phenoxy) is 2. The summed E-state index contributed by atoms with van der Waals surface area (Å²) < 4.78 is 11.4. The number of benzene rings is 3. The summed E-state index contributed by atoms with van der Waals surface area (Å²) in [6, 6.07) is 11.8. The summed E-state index contributed by atoms with van der Waals surface area (Å²) in [5, 5.41) is 16.2. The summed E-state index contributed by atoms with van der Waals surface area (Å²) in [5.74, 6) is -1.94. The number of hydrogen-bond donors (Lipinski definition) is 2. The molecule has 5 amide bonds. The zero-order valence-corrected chi connectivity index (χ0v) is 23.7. The summed E-state index contributed by atoms with van der Waals surface area (Å²) in [6.07, 6.45) is 1.24. The molecule has 12 nitrogen and oxygen atoms in total. The smallest absolute Gasteiger partial charge is 0.335 e. The molecular weight excluding hydrogens is 624 g/mol. The summed E-state index contributed by atoms with van der Waals surface area (Å²) in [4.78, 5) is 61.6. The van der Waals surface area contributed by atoms with Crippen molar-refractivity contribution < 1.29 is 33.6 Å². The number of rotatable bonds is 8. The molecule has 0 radical (unpaired) electrons. The van der Waals surface area contributed by atoms with E-state index in [0.29, 0.717) is 25.6 Å². The molecule has 0 bridgehead atoms. The highest BCUT2D eigenvalue weighted by Gasteiger charge is 2.37. The van der Waals surface area contributed by atoms with Crippen LogP contribution in [0.1, 0.15) is 11.1 Å². The lowest BCUT2D eigenvalue weighted by atomic mass is 10.1. The topological polar surface area (TPSA) is 157 Å². The molecule has 0 aromatic heterocycles. The Kier molecular flexibility index (Phi) is 8.69. The van der Waals surface area contributed by atoms with E-state index in [2.05, 4.69) is 26.6 Å². The van der Waals surface area contributed by atoms with Crippen LogP contribution in [-0.4, -0.2) is 42.4 Å². The first-order valence-electron chi connectivity index (χ1n) is 11.7. The Morgan fingerprint density at radius 2 is 1.85 bits per heavy atom. The van der Waals surface area contributed by atoms with E-state index in [1.807, 2.05) is 6.92 Å². The molecule has 14 heteroatoms. The molecule has 1 fully saturated rings. The second-order valence-electron chi connectivity index (χ2n) is 8.57. The lowest BCUT2D eigenvalue weighted by Gasteiger charge is -2.26. The highest BCUT2D eigenvalue weighted by molar-refractivity contribution is 9.10. The van der Waals surface area contributed by atoms with E-state index in [9.17, 15) is 29.3 Å². The van der Waals surface area contributed by atoms with Gasteiger partial charge in [-0.25, -0.2) is 9.69 Å². The van der Waals surface area contributed by atoms with Gasteiger partial charge in [0.15, 0.2) is 18.1 Å². The summed E-state index contributed by atoms with van der Waals surface area (Å²) in [7, 11) is 1.37. The van der Waals surface area contributed by atoms with Crippen molar-refractivity contribution in [1.29, 1.82) is 0 Å². The number of hydrogen-bond acceptors (Lipinski definition) is 8. The van der Waals surface area contributed by atoms with Gasteiger partial charge in [0.2, 0.25) is 0 Å². The predicted octanol–water partition coefficient (Wildman–Crippen LogP) is 5.01. The Morgan fingerprint density at radius 1 is 1.15 bits per heavy atom. The number of halogens is 2. The number of nitro benzene ring substituents is 1. The van der Waals surface area contributed by atoms with Crippen molar-refractivity contribution in [3.05, 3.63) is 90.9 Å². The highest BCUT2D eigenvalue weighted by Crippen LogP contribution is 2.37. The zero-order chi connectivity index (χ0) is 29.8. The van der Waals surface area contributed by atoms with Crippen molar-refractivity contribution in [2.75, 3.05) is 23.9 Å². The predicted molar refractivity (Wildman–Crippen MR) is 153 cm³/mol. The average Bonchev–Trinajstić information content (AvgIpc) is 2.92. The Hall–Kier alpha value is -4.75. The van der Waals surface area contributed by atoms with Crippen LogP contribution in [0.15, 0.2) is 64.6 Å². The first kappa shape index (κ1) is 29.2. The number of nitrogens with zero attached hydrogens (tertiary/aromatic N) is 2. The van der Waals surface area contributed by atoms with Crippen molar-refractivity contribution in [3.63, 3.8) is 0 Å². The van der Waals surface area contributed by atoms with Gasteiger partial charge in [0.1, 0.15) is 5.57 Å². The molecule has 0 aliphatic carbocycles. The second-order valence-corrected chi connectivity index (χ2v) is 9.83. The number of non-ortho nitro benzene ring substituents is 1. The average molecular weight is 644 g/mol. The first-order valence-corrected chi connectivity index (χ1v) is 12.9. The van der Waals surface area contributed by atoms with Gasteiger partial charge in [-0.05, 0) is 76.5 Å². The van der Waals surface area contributed by atoms with Gasteiger partial charge in [0.05, 0.1) is 22.2 Å². The van der Waals surface area contributed by atoms with Crippen LogP contribution in [0, 0.1) is 17.0 Å². The molecule has 4 rings (SSSR count). The zero-order valence-electron chi connectivity index (χ0n) is 21.4. The van der Waals surface area contributed by atoms with Gasteiger partial charge in [0, 0.05) is 22.8 Å². The van der Waals surface area contributed by atoms with E-state index < -0.39 is 28.7 Å². The van der Waals surface area contributed by atoms with Gasteiger partial charge in [-0.1, -0.05) is 17.7 Å². The van der Waals surface area contributed by atoms with E-state index in [0.717, 1.165) is 17.7 Å². The normalized spacial score (nSPS) is 14.1. The van der Waals surface area contributed by atoms with E-state index in [1.165, 1.54) is 37.5 Å². The largest absolute Gasteiger partial charge is 0.493 e. The van der Waals surface area contributed by atoms with Crippen molar-refractivity contribution in [1.82, 2.24) is 5.32 Å². The van der Waals surface area contributed by atoms with Gasteiger partial charge in [-0.3, -0.25) is 29.8 Å². The maximum absolute atomic E-state index is 13.2. The maximum atomic E-state index is 13.2. The summed E-state index contributed by atoms with van der Waals surface area (Å²) in [5.41, 5.74) is 1.12. The van der Waals surface area contributed by atoms with E-state index in [-0.39, 0.29) is 35.1 Å². The number of nitro groups is 1. The van der Waals surface area contributed by atoms with Gasteiger partial charge < -0.3 is 14.8 Å². The maximum Gasteiger partial charge on any atom is 0.335 e. The number of nitrogens with one attached hydrogen (secondary N) is 2. The minimum absolute atomic E-state index is 0.0326. The van der Waals surface area contributed by atoms with Crippen LogP contribution >= 0.6 is 27.5 Å². The van der Waals surface area contributed by atoms with Crippen LogP contribution in [0.3, 0.4) is 0 Å². The fourth-order valence-electron chi connectivity index (χ4n) is 3.75. The highest BCUT2D eigenvalue weighted by atomic mass is 79.9. The molecule has 3 aromatic carbocycles. The Labute approximate surface area is 246 Å².